The zero-order valence-electron chi connectivity index (χ0n) is 17.5. The third kappa shape index (κ3) is 4.55. The van der Waals surface area contributed by atoms with Crippen LogP contribution < -0.4 is 0 Å². The van der Waals surface area contributed by atoms with E-state index in [1.165, 1.54) is 11.8 Å². The second-order valence-corrected chi connectivity index (χ2v) is 8.82. The normalized spacial score (nSPS) is 11.3. The summed E-state index contributed by atoms with van der Waals surface area (Å²) in [5.74, 6) is 1.35. The molecule has 0 aliphatic heterocycles. The van der Waals surface area contributed by atoms with Gasteiger partial charge in [0.1, 0.15) is 5.69 Å². The van der Waals surface area contributed by atoms with E-state index in [-0.39, 0.29) is 0 Å². The van der Waals surface area contributed by atoms with Crippen LogP contribution in [0.25, 0.3) is 27.6 Å². The first-order valence-corrected chi connectivity index (χ1v) is 12.0. The minimum Gasteiger partial charge on any atom is -0.265 e. The Kier molecular flexibility index (Phi) is 6.23. The van der Waals surface area contributed by atoms with E-state index in [0.717, 1.165) is 27.4 Å². The van der Waals surface area contributed by atoms with Crippen LogP contribution in [0.3, 0.4) is 0 Å². The molecule has 0 saturated carbocycles. The molecular weight excluding hydrogens is 450 g/mol. The Morgan fingerprint density at radius 3 is 2.64 bits per heavy atom. The Morgan fingerprint density at radius 1 is 1.03 bits per heavy atom. The lowest BCUT2D eigenvalue weighted by Crippen LogP contribution is -1.97. The molecule has 33 heavy (non-hydrogen) atoms. The molecule has 7 nitrogen and oxygen atoms in total. The molecule has 9 heteroatoms. The molecule has 0 radical (unpaired) electrons. The van der Waals surface area contributed by atoms with Gasteiger partial charge in [0.25, 0.3) is 0 Å². The van der Waals surface area contributed by atoms with Crippen molar-refractivity contribution in [3.8, 4) is 27.6 Å². The molecule has 162 valence electrons. The Balaban J connectivity index is 1.58. The number of thiophene rings is 1. The summed E-state index contributed by atoms with van der Waals surface area (Å²) < 4.78 is 3.63. The van der Waals surface area contributed by atoms with Crippen LogP contribution in [0.1, 0.15) is 5.56 Å². The van der Waals surface area contributed by atoms with Crippen LogP contribution in [0.2, 0.25) is 0 Å². The van der Waals surface area contributed by atoms with Gasteiger partial charge < -0.3 is 0 Å². The number of para-hydroxylation sites is 1. The minimum absolute atomic E-state index is 0.647. The number of rotatable bonds is 8. The second kappa shape index (κ2) is 9.76. The van der Waals surface area contributed by atoms with Crippen molar-refractivity contribution in [1.29, 1.82) is 0 Å². The summed E-state index contributed by atoms with van der Waals surface area (Å²) >= 11 is 3.17. The topological polar surface area (TPSA) is 73.8 Å². The molecule has 0 atom stereocenters. The Labute approximate surface area is 199 Å². The van der Waals surface area contributed by atoms with Gasteiger partial charge >= 0.3 is 0 Å². The van der Waals surface area contributed by atoms with Crippen molar-refractivity contribution in [1.82, 2.24) is 29.6 Å². The molecule has 1 aromatic carbocycles. The molecule has 0 aliphatic rings. The molecule has 4 aromatic heterocycles. The monoisotopic (exact) mass is 469 g/mol. The first-order valence-electron chi connectivity index (χ1n) is 10.2. The summed E-state index contributed by atoms with van der Waals surface area (Å²) in [6, 6.07) is 17.9. The second-order valence-electron chi connectivity index (χ2n) is 6.89. The summed E-state index contributed by atoms with van der Waals surface area (Å²) in [5.41, 5.74) is 3.64. The highest BCUT2D eigenvalue weighted by molar-refractivity contribution is 7.99. The van der Waals surface area contributed by atoms with Gasteiger partial charge in [-0.2, -0.15) is 14.9 Å². The van der Waals surface area contributed by atoms with E-state index in [1.807, 2.05) is 77.1 Å². The number of aromatic nitrogens is 6. The smallest absolute Gasteiger partial charge is 0.212 e. The number of thioether (sulfide) groups is 1. The van der Waals surface area contributed by atoms with Gasteiger partial charge in [0, 0.05) is 35.5 Å². The maximum Gasteiger partial charge on any atom is 0.212 e. The molecule has 0 N–H and O–H groups in total. The fraction of sp³-hybridized carbons (Fsp3) is 0.0417. The van der Waals surface area contributed by atoms with E-state index in [9.17, 15) is 0 Å². The predicted octanol–water partition coefficient (Wildman–Crippen LogP) is 5.41. The Hall–Kier alpha value is -3.82. The quantitative estimate of drug-likeness (QED) is 0.172. The fourth-order valence-corrected chi connectivity index (χ4v) is 4.55. The summed E-state index contributed by atoms with van der Waals surface area (Å²) in [4.78, 5) is 5.17. The summed E-state index contributed by atoms with van der Waals surface area (Å²) in [6.07, 6.45) is 9.09. The number of nitrogens with zero attached hydrogens (tertiary/aromatic N) is 7. The van der Waals surface area contributed by atoms with Crippen molar-refractivity contribution in [2.45, 2.75) is 5.16 Å². The molecule has 0 aliphatic carbocycles. The van der Waals surface area contributed by atoms with Crippen LogP contribution in [-0.4, -0.2) is 41.6 Å². The summed E-state index contributed by atoms with van der Waals surface area (Å²) in [7, 11) is 0. The van der Waals surface area contributed by atoms with Crippen molar-refractivity contribution in [2.24, 2.45) is 5.10 Å². The molecule has 5 aromatic rings. The van der Waals surface area contributed by atoms with Crippen molar-refractivity contribution >= 4 is 29.3 Å². The van der Waals surface area contributed by atoms with Crippen LogP contribution in [0.5, 0.6) is 0 Å². The lowest BCUT2D eigenvalue weighted by molar-refractivity contribution is 0.773. The van der Waals surface area contributed by atoms with Crippen molar-refractivity contribution in [3.63, 3.8) is 0 Å². The van der Waals surface area contributed by atoms with Crippen LogP contribution in [-0.2, 0) is 0 Å². The lowest BCUT2D eigenvalue weighted by atomic mass is 10.2. The van der Waals surface area contributed by atoms with Crippen LogP contribution in [0.4, 0.5) is 0 Å². The van der Waals surface area contributed by atoms with Crippen LogP contribution in [0.15, 0.2) is 101 Å². The standard InChI is InChI=1S/C24H19N7S2/c1-2-14-33-24-28-27-23(18-10-12-25-13-11-18)31(24)26-16-19-17-30(20-7-4-3-5-8-20)29-22(19)21-9-6-15-32-21/h2-13,15-17H,1,14H2/b26-16+. The van der Waals surface area contributed by atoms with Crippen LogP contribution in [0, 0.1) is 0 Å². The van der Waals surface area contributed by atoms with Gasteiger partial charge in [-0.15, -0.1) is 28.1 Å². The molecule has 4 heterocycles. The predicted molar refractivity (Wildman–Crippen MR) is 134 cm³/mol. The lowest BCUT2D eigenvalue weighted by Gasteiger charge is -2.03. The van der Waals surface area contributed by atoms with Crippen LogP contribution >= 0.6 is 23.1 Å². The highest BCUT2D eigenvalue weighted by Crippen LogP contribution is 2.28. The van der Waals surface area contributed by atoms with E-state index in [4.69, 9.17) is 10.2 Å². The average Bonchev–Trinajstić information content (AvgIpc) is 3.62. The maximum atomic E-state index is 4.84. The molecule has 0 amide bonds. The largest absolute Gasteiger partial charge is 0.265 e. The molecule has 5 rings (SSSR count). The zero-order chi connectivity index (χ0) is 22.5. The first-order chi connectivity index (χ1) is 16.3. The molecule has 0 saturated heterocycles. The van der Waals surface area contributed by atoms with E-state index in [0.29, 0.717) is 16.7 Å². The zero-order valence-corrected chi connectivity index (χ0v) is 19.2. The van der Waals surface area contributed by atoms with E-state index in [1.54, 1.807) is 28.4 Å². The minimum atomic E-state index is 0.647. The molecule has 0 fully saturated rings. The maximum absolute atomic E-state index is 4.84. The average molecular weight is 470 g/mol. The van der Waals surface area contributed by atoms with Gasteiger partial charge in [0.2, 0.25) is 5.16 Å². The van der Waals surface area contributed by atoms with Gasteiger partial charge in [-0.1, -0.05) is 42.1 Å². The third-order valence-electron chi connectivity index (χ3n) is 4.71. The Bertz CT molecular complexity index is 1370. The van der Waals surface area contributed by atoms with Gasteiger partial charge in [-0.05, 0) is 35.7 Å². The number of hydrogen-bond acceptors (Lipinski definition) is 7. The van der Waals surface area contributed by atoms with E-state index in [2.05, 4.69) is 27.8 Å². The summed E-state index contributed by atoms with van der Waals surface area (Å²) in [5, 5.41) is 21.1. The molecule has 0 unspecified atom stereocenters. The van der Waals surface area contributed by atoms with Gasteiger partial charge in [-0.3, -0.25) is 4.98 Å². The first kappa shape index (κ1) is 21.0. The van der Waals surface area contributed by atoms with E-state index >= 15 is 0 Å². The molecule has 0 bridgehead atoms. The fourth-order valence-electron chi connectivity index (χ4n) is 3.19. The highest BCUT2D eigenvalue weighted by Gasteiger charge is 2.15. The summed E-state index contributed by atoms with van der Waals surface area (Å²) in [6.45, 7) is 3.80. The number of benzene rings is 1. The van der Waals surface area contributed by atoms with E-state index < -0.39 is 0 Å². The van der Waals surface area contributed by atoms with Gasteiger partial charge in [0.05, 0.1) is 16.8 Å². The Morgan fingerprint density at radius 2 is 1.88 bits per heavy atom. The van der Waals surface area contributed by atoms with Gasteiger partial charge in [-0.25, -0.2) is 4.68 Å². The molecule has 0 spiro atoms. The number of pyridine rings is 1. The van der Waals surface area contributed by atoms with Gasteiger partial charge in [0.15, 0.2) is 5.82 Å². The SMILES string of the molecule is C=CCSc1nnc(-c2ccncc2)n1/N=C/c1cn(-c2ccccc2)nc1-c1cccs1. The van der Waals surface area contributed by atoms with Crippen molar-refractivity contribution in [3.05, 3.63) is 96.8 Å². The number of hydrogen-bond donors (Lipinski definition) is 0. The van der Waals surface area contributed by atoms with Crippen molar-refractivity contribution in [2.75, 3.05) is 5.75 Å². The molecular formula is C24H19N7S2. The third-order valence-corrected chi connectivity index (χ3v) is 6.50. The highest BCUT2D eigenvalue weighted by atomic mass is 32.2. The van der Waals surface area contributed by atoms with Crippen molar-refractivity contribution < 1.29 is 0 Å².